The van der Waals surface area contributed by atoms with Gasteiger partial charge in [0.05, 0.1) is 24.9 Å². The van der Waals surface area contributed by atoms with Crippen molar-refractivity contribution in [2.24, 2.45) is 0 Å². The van der Waals surface area contributed by atoms with Crippen molar-refractivity contribution >= 4 is 28.1 Å². The highest BCUT2D eigenvalue weighted by molar-refractivity contribution is 7.15. The van der Waals surface area contributed by atoms with Gasteiger partial charge in [0.2, 0.25) is 0 Å². The van der Waals surface area contributed by atoms with E-state index in [4.69, 9.17) is 4.74 Å². The number of esters is 1. The van der Waals surface area contributed by atoms with E-state index in [1.54, 1.807) is 25.5 Å². The van der Waals surface area contributed by atoms with Crippen molar-refractivity contribution in [3.8, 4) is 0 Å². The molecule has 6 heteroatoms. The number of nitrogens with one attached hydrogen (secondary N) is 1. The number of rotatable bonds is 5. The summed E-state index contributed by atoms with van der Waals surface area (Å²) in [5.41, 5.74) is 0.870. The lowest BCUT2D eigenvalue weighted by Gasteiger charge is -2.00. The van der Waals surface area contributed by atoms with Crippen molar-refractivity contribution in [3.63, 3.8) is 0 Å². The lowest BCUT2D eigenvalue weighted by atomic mass is 10.4. The number of nitrogens with zero attached hydrogens (tertiary/aromatic N) is 2. The van der Waals surface area contributed by atoms with Crippen LogP contribution in [0.2, 0.25) is 0 Å². The third-order valence-corrected chi connectivity index (χ3v) is 3.00. The molecule has 2 aromatic heterocycles. The van der Waals surface area contributed by atoms with Gasteiger partial charge in [0.25, 0.3) is 0 Å². The zero-order chi connectivity index (χ0) is 12.8. The SMILES string of the molecule is CCOC(=O)Cc1cnc(Nc2cccnc2)s1. The molecule has 0 amide bonds. The van der Waals surface area contributed by atoms with Crippen molar-refractivity contribution in [1.82, 2.24) is 9.97 Å². The molecule has 0 saturated carbocycles. The maximum Gasteiger partial charge on any atom is 0.311 e. The van der Waals surface area contributed by atoms with Gasteiger partial charge in [-0.3, -0.25) is 9.78 Å². The Morgan fingerprint density at radius 1 is 1.50 bits per heavy atom. The minimum atomic E-state index is -0.228. The number of aromatic nitrogens is 2. The van der Waals surface area contributed by atoms with Gasteiger partial charge in [-0.15, -0.1) is 11.3 Å². The summed E-state index contributed by atoms with van der Waals surface area (Å²) in [6, 6.07) is 3.74. The smallest absolute Gasteiger partial charge is 0.311 e. The first kappa shape index (κ1) is 12.5. The van der Waals surface area contributed by atoms with E-state index in [9.17, 15) is 4.79 Å². The fourth-order valence-corrected chi connectivity index (χ4v) is 2.18. The molecule has 0 radical (unpaired) electrons. The Labute approximate surface area is 109 Å². The largest absolute Gasteiger partial charge is 0.466 e. The van der Waals surface area contributed by atoms with Gasteiger partial charge in [-0.25, -0.2) is 4.98 Å². The average Bonchev–Trinajstić information content (AvgIpc) is 2.78. The summed E-state index contributed by atoms with van der Waals surface area (Å²) in [4.78, 5) is 20.4. The van der Waals surface area contributed by atoms with E-state index in [-0.39, 0.29) is 12.4 Å². The first-order chi connectivity index (χ1) is 8.78. The van der Waals surface area contributed by atoms with E-state index < -0.39 is 0 Å². The topological polar surface area (TPSA) is 64.1 Å². The molecule has 1 N–H and O–H groups in total. The third-order valence-electron chi connectivity index (χ3n) is 2.09. The molecule has 94 valence electrons. The minimum absolute atomic E-state index is 0.228. The number of pyridine rings is 1. The Kier molecular flexibility index (Phi) is 4.25. The fourth-order valence-electron chi connectivity index (χ4n) is 1.36. The lowest BCUT2D eigenvalue weighted by molar-refractivity contribution is -0.142. The molecule has 0 aliphatic rings. The predicted molar refractivity (Wildman–Crippen MR) is 70.0 cm³/mol. The Bertz CT molecular complexity index is 513. The average molecular weight is 263 g/mol. The Hall–Kier alpha value is -1.95. The molecule has 2 rings (SSSR count). The van der Waals surface area contributed by atoms with Crippen LogP contribution in [0.4, 0.5) is 10.8 Å². The van der Waals surface area contributed by atoms with Crippen molar-refractivity contribution in [2.45, 2.75) is 13.3 Å². The van der Waals surface area contributed by atoms with Crippen molar-refractivity contribution in [2.75, 3.05) is 11.9 Å². The molecule has 5 nitrogen and oxygen atoms in total. The number of thiazole rings is 1. The molecule has 0 aromatic carbocycles. The number of carbonyl (C=O) groups is 1. The Balaban J connectivity index is 1.96. The zero-order valence-electron chi connectivity index (χ0n) is 9.92. The quantitative estimate of drug-likeness (QED) is 0.839. The lowest BCUT2D eigenvalue weighted by Crippen LogP contribution is -2.06. The first-order valence-electron chi connectivity index (χ1n) is 5.55. The number of hydrogen-bond acceptors (Lipinski definition) is 6. The number of anilines is 2. The highest BCUT2D eigenvalue weighted by atomic mass is 32.1. The molecule has 18 heavy (non-hydrogen) atoms. The highest BCUT2D eigenvalue weighted by Crippen LogP contribution is 2.22. The standard InChI is InChI=1S/C12H13N3O2S/c1-2-17-11(16)6-10-8-14-12(18-10)15-9-4-3-5-13-7-9/h3-5,7-8H,2,6H2,1H3,(H,14,15). The minimum Gasteiger partial charge on any atom is -0.466 e. The maximum atomic E-state index is 11.3. The second-order valence-electron chi connectivity index (χ2n) is 3.48. The van der Waals surface area contributed by atoms with Crippen LogP contribution >= 0.6 is 11.3 Å². The molecule has 0 atom stereocenters. The normalized spacial score (nSPS) is 10.1. The maximum absolute atomic E-state index is 11.3. The predicted octanol–water partition coefficient (Wildman–Crippen LogP) is 2.39. The molecule has 0 unspecified atom stereocenters. The van der Waals surface area contributed by atoms with Crippen LogP contribution in [0.15, 0.2) is 30.7 Å². The third kappa shape index (κ3) is 3.53. The van der Waals surface area contributed by atoms with Crippen LogP contribution < -0.4 is 5.32 Å². The van der Waals surface area contributed by atoms with Crippen LogP contribution in [-0.4, -0.2) is 22.5 Å². The van der Waals surface area contributed by atoms with E-state index in [2.05, 4.69) is 15.3 Å². The van der Waals surface area contributed by atoms with Gasteiger partial charge < -0.3 is 10.1 Å². The summed E-state index contributed by atoms with van der Waals surface area (Å²) in [5.74, 6) is -0.228. The van der Waals surface area contributed by atoms with Crippen LogP contribution in [0.3, 0.4) is 0 Å². The van der Waals surface area contributed by atoms with E-state index in [0.717, 1.165) is 15.7 Å². The van der Waals surface area contributed by atoms with Gasteiger partial charge in [-0.2, -0.15) is 0 Å². The molecular weight excluding hydrogens is 250 g/mol. The fraction of sp³-hybridized carbons (Fsp3) is 0.250. The first-order valence-corrected chi connectivity index (χ1v) is 6.37. The second-order valence-corrected chi connectivity index (χ2v) is 4.60. The molecule has 0 bridgehead atoms. The molecule has 2 heterocycles. The van der Waals surface area contributed by atoms with Gasteiger partial charge in [0, 0.05) is 17.3 Å². The van der Waals surface area contributed by atoms with Gasteiger partial charge in [-0.05, 0) is 19.1 Å². The van der Waals surface area contributed by atoms with E-state index >= 15 is 0 Å². The summed E-state index contributed by atoms with van der Waals surface area (Å²) in [7, 11) is 0. The van der Waals surface area contributed by atoms with Gasteiger partial charge in [0.1, 0.15) is 0 Å². The highest BCUT2D eigenvalue weighted by Gasteiger charge is 2.08. The summed E-state index contributed by atoms with van der Waals surface area (Å²) in [6.45, 7) is 2.19. The summed E-state index contributed by atoms with van der Waals surface area (Å²) in [5, 5.41) is 3.86. The van der Waals surface area contributed by atoms with Crippen molar-refractivity contribution in [3.05, 3.63) is 35.6 Å². The zero-order valence-corrected chi connectivity index (χ0v) is 10.7. The molecule has 0 aliphatic heterocycles. The second kappa shape index (κ2) is 6.11. The molecule has 2 aromatic rings. The van der Waals surface area contributed by atoms with Gasteiger partial charge >= 0.3 is 5.97 Å². The molecule has 0 spiro atoms. The molecule has 0 fully saturated rings. The molecule has 0 aliphatic carbocycles. The van der Waals surface area contributed by atoms with Gasteiger partial charge in [-0.1, -0.05) is 0 Å². The number of ether oxygens (including phenoxy) is 1. The Morgan fingerprint density at radius 3 is 3.11 bits per heavy atom. The van der Waals surface area contributed by atoms with E-state index in [1.807, 2.05) is 12.1 Å². The summed E-state index contributed by atoms with van der Waals surface area (Å²) >= 11 is 1.43. The number of hydrogen-bond donors (Lipinski definition) is 1. The van der Waals surface area contributed by atoms with Crippen LogP contribution in [0.1, 0.15) is 11.8 Å². The summed E-state index contributed by atoms with van der Waals surface area (Å²) < 4.78 is 4.88. The number of carbonyl (C=O) groups excluding carboxylic acids is 1. The monoisotopic (exact) mass is 263 g/mol. The van der Waals surface area contributed by atoms with Crippen LogP contribution in [0.5, 0.6) is 0 Å². The van der Waals surface area contributed by atoms with E-state index in [0.29, 0.717) is 6.61 Å². The Morgan fingerprint density at radius 2 is 2.39 bits per heavy atom. The van der Waals surface area contributed by atoms with Gasteiger partial charge in [0.15, 0.2) is 5.13 Å². The molecular formula is C12H13N3O2S. The van der Waals surface area contributed by atoms with Crippen LogP contribution in [0.25, 0.3) is 0 Å². The van der Waals surface area contributed by atoms with E-state index in [1.165, 1.54) is 11.3 Å². The van der Waals surface area contributed by atoms with Crippen molar-refractivity contribution < 1.29 is 9.53 Å². The summed E-state index contributed by atoms with van der Waals surface area (Å²) in [6.07, 6.45) is 5.37. The van der Waals surface area contributed by atoms with Crippen LogP contribution in [-0.2, 0) is 16.0 Å². The van der Waals surface area contributed by atoms with Crippen LogP contribution in [0, 0.1) is 0 Å². The van der Waals surface area contributed by atoms with Crippen molar-refractivity contribution in [1.29, 1.82) is 0 Å². The molecule has 0 saturated heterocycles.